The minimum absolute atomic E-state index is 0.0622. The molecule has 1 aromatic carbocycles. The zero-order chi connectivity index (χ0) is 24.7. The SMILES string of the molecule is Cc1c(F)ccc(N2CCC(CCn3nc(C(=O)N4CCC(O)C(F)C4)c4c3CCC4)CC2)c1C. The monoisotopic (exact) mass is 486 g/mol. The molecule has 3 aliphatic rings. The number of benzene rings is 1. The van der Waals surface area contributed by atoms with Crippen molar-refractivity contribution in [3.8, 4) is 0 Å². The van der Waals surface area contributed by atoms with E-state index >= 15 is 0 Å². The summed E-state index contributed by atoms with van der Waals surface area (Å²) in [6, 6.07) is 3.47. The molecule has 2 atom stereocenters. The second kappa shape index (κ2) is 9.88. The molecule has 190 valence electrons. The molecule has 2 aliphatic heterocycles. The number of likely N-dealkylation sites (tertiary alicyclic amines) is 1. The third-order valence-corrected chi connectivity index (χ3v) is 8.40. The average molecular weight is 487 g/mol. The van der Waals surface area contributed by atoms with Crippen LogP contribution in [-0.4, -0.2) is 64.1 Å². The van der Waals surface area contributed by atoms with E-state index in [9.17, 15) is 18.7 Å². The van der Waals surface area contributed by atoms with E-state index in [-0.39, 0.29) is 24.7 Å². The molecule has 3 heterocycles. The fraction of sp³-hybridized carbons (Fsp3) is 0.630. The zero-order valence-electron chi connectivity index (χ0n) is 20.8. The molecule has 2 fully saturated rings. The van der Waals surface area contributed by atoms with Crippen LogP contribution in [-0.2, 0) is 19.4 Å². The lowest BCUT2D eigenvalue weighted by atomic mass is 9.92. The van der Waals surface area contributed by atoms with Crippen LogP contribution in [0, 0.1) is 25.6 Å². The lowest BCUT2D eigenvalue weighted by Crippen LogP contribution is -2.47. The van der Waals surface area contributed by atoms with Gasteiger partial charge in [-0.15, -0.1) is 0 Å². The Bertz CT molecular complexity index is 1090. The average Bonchev–Trinajstić information content (AvgIpc) is 3.46. The highest BCUT2D eigenvalue weighted by Gasteiger charge is 2.34. The Morgan fingerprint density at radius 2 is 1.89 bits per heavy atom. The number of hydrogen-bond donors (Lipinski definition) is 1. The van der Waals surface area contributed by atoms with Crippen molar-refractivity contribution in [3.63, 3.8) is 0 Å². The molecule has 5 rings (SSSR count). The van der Waals surface area contributed by atoms with Gasteiger partial charge in [0.05, 0.1) is 12.6 Å². The number of piperidine rings is 2. The highest BCUT2D eigenvalue weighted by molar-refractivity contribution is 5.94. The number of hydrogen-bond acceptors (Lipinski definition) is 4. The maximum atomic E-state index is 14.0. The molecular weight excluding hydrogens is 450 g/mol. The van der Waals surface area contributed by atoms with Crippen LogP contribution in [0.4, 0.5) is 14.5 Å². The fourth-order valence-electron chi connectivity index (χ4n) is 5.98. The third-order valence-electron chi connectivity index (χ3n) is 8.40. The van der Waals surface area contributed by atoms with Crippen molar-refractivity contribution < 1.29 is 18.7 Å². The van der Waals surface area contributed by atoms with Crippen molar-refractivity contribution in [2.75, 3.05) is 31.1 Å². The maximum Gasteiger partial charge on any atom is 0.274 e. The lowest BCUT2D eigenvalue weighted by Gasteiger charge is -2.35. The number of anilines is 1. The van der Waals surface area contributed by atoms with Crippen LogP contribution in [0.15, 0.2) is 12.1 Å². The summed E-state index contributed by atoms with van der Waals surface area (Å²) in [5.74, 6) is 0.243. The van der Waals surface area contributed by atoms with Crippen molar-refractivity contribution in [1.29, 1.82) is 0 Å². The van der Waals surface area contributed by atoms with Gasteiger partial charge in [0.25, 0.3) is 5.91 Å². The number of halogens is 2. The highest BCUT2D eigenvalue weighted by atomic mass is 19.1. The van der Waals surface area contributed by atoms with Gasteiger partial charge in [-0.25, -0.2) is 8.78 Å². The number of aryl methyl sites for hydroxylation is 1. The van der Waals surface area contributed by atoms with Crippen LogP contribution < -0.4 is 4.90 Å². The molecule has 1 amide bonds. The van der Waals surface area contributed by atoms with Gasteiger partial charge in [-0.1, -0.05) is 0 Å². The summed E-state index contributed by atoms with van der Waals surface area (Å²) >= 11 is 0. The van der Waals surface area contributed by atoms with Crippen molar-refractivity contribution in [2.45, 2.75) is 77.6 Å². The van der Waals surface area contributed by atoms with Crippen LogP contribution in [0.5, 0.6) is 0 Å². The number of aliphatic hydroxyl groups excluding tert-OH is 1. The van der Waals surface area contributed by atoms with Crippen LogP contribution in [0.2, 0.25) is 0 Å². The van der Waals surface area contributed by atoms with Gasteiger partial charge in [0, 0.05) is 43.1 Å². The Balaban J connectivity index is 1.21. The number of amides is 1. The molecule has 8 heteroatoms. The first-order valence-electron chi connectivity index (χ1n) is 13.0. The van der Waals surface area contributed by atoms with E-state index in [1.54, 1.807) is 6.07 Å². The van der Waals surface area contributed by atoms with E-state index in [0.717, 1.165) is 86.2 Å². The predicted octanol–water partition coefficient (Wildman–Crippen LogP) is 3.98. The van der Waals surface area contributed by atoms with E-state index < -0.39 is 12.3 Å². The van der Waals surface area contributed by atoms with Gasteiger partial charge in [-0.3, -0.25) is 9.48 Å². The highest BCUT2D eigenvalue weighted by Crippen LogP contribution is 2.32. The van der Waals surface area contributed by atoms with Crippen molar-refractivity contribution in [2.24, 2.45) is 5.92 Å². The van der Waals surface area contributed by atoms with Crippen LogP contribution in [0.25, 0.3) is 0 Å². The number of nitrogens with zero attached hydrogens (tertiary/aromatic N) is 4. The molecule has 2 saturated heterocycles. The van der Waals surface area contributed by atoms with E-state index in [2.05, 4.69) is 4.90 Å². The van der Waals surface area contributed by atoms with Gasteiger partial charge in [0.15, 0.2) is 5.69 Å². The van der Waals surface area contributed by atoms with Gasteiger partial charge in [-0.05, 0) is 88.0 Å². The summed E-state index contributed by atoms with van der Waals surface area (Å²) < 4.78 is 29.9. The van der Waals surface area contributed by atoms with Gasteiger partial charge >= 0.3 is 0 Å². The maximum absolute atomic E-state index is 14.0. The van der Waals surface area contributed by atoms with Gasteiger partial charge in [-0.2, -0.15) is 5.10 Å². The summed E-state index contributed by atoms with van der Waals surface area (Å²) in [5, 5.41) is 14.4. The van der Waals surface area contributed by atoms with Crippen molar-refractivity contribution in [3.05, 3.63) is 46.0 Å². The Morgan fingerprint density at radius 1 is 1.11 bits per heavy atom. The van der Waals surface area contributed by atoms with Gasteiger partial charge < -0.3 is 14.9 Å². The Hall–Kier alpha value is -2.48. The number of carbonyl (C=O) groups is 1. The van der Waals surface area contributed by atoms with E-state index in [0.29, 0.717) is 18.2 Å². The minimum Gasteiger partial charge on any atom is -0.390 e. The first-order chi connectivity index (χ1) is 16.8. The summed E-state index contributed by atoms with van der Waals surface area (Å²) in [6.45, 7) is 6.86. The number of alkyl halides is 1. The molecule has 2 unspecified atom stereocenters. The first kappa shape index (κ1) is 24.2. The molecule has 1 aromatic heterocycles. The summed E-state index contributed by atoms with van der Waals surface area (Å²) in [5.41, 5.74) is 5.57. The number of aromatic nitrogens is 2. The second-order valence-corrected chi connectivity index (χ2v) is 10.5. The fourth-order valence-corrected chi connectivity index (χ4v) is 5.98. The molecule has 35 heavy (non-hydrogen) atoms. The van der Waals surface area contributed by atoms with Gasteiger partial charge in [0.2, 0.25) is 0 Å². The molecule has 2 aromatic rings. The van der Waals surface area contributed by atoms with Crippen LogP contribution in [0.1, 0.15) is 65.0 Å². The van der Waals surface area contributed by atoms with Crippen molar-refractivity contribution in [1.82, 2.24) is 14.7 Å². The van der Waals surface area contributed by atoms with Crippen LogP contribution in [0.3, 0.4) is 0 Å². The lowest BCUT2D eigenvalue weighted by molar-refractivity contribution is 0.00795. The normalized spacial score (nSPS) is 23.1. The minimum atomic E-state index is -1.39. The summed E-state index contributed by atoms with van der Waals surface area (Å²) in [7, 11) is 0. The number of rotatable bonds is 5. The Morgan fingerprint density at radius 3 is 2.63 bits per heavy atom. The quantitative estimate of drug-likeness (QED) is 0.695. The molecule has 0 saturated carbocycles. The van der Waals surface area contributed by atoms with Crippen LogP contribution >= 0.6 is 0 Å². The summed E-state index contributed by atoms with van der Waals surface area (Å²) in [6.07, 6.45) is 3.87. The number of fused-ring (bicyclic) bond motifs is 1. The molecule has 1 aliphatic carbocycles. The molecule has 0 spiro atoms. The Labute approximate surface area is 205 Å². The number of carbonyl (C=O) groups excluding carboxylic acids is 1. The molecule has 1 N–H and O–H groups in total. The number of aliphatic hydroxyl groups is 1. The zero-order valence-corrected chi connectivity index (χ0v) is 20.8. The van der Waals surface area contributed by atoms with Crippen molar-refractivity contribution >= 4 is 11.6 Å². The molecule has 0 bridgehead atoms. The molecule has 0 radical (unpaired) electrons. The predicted molar refractivity (Wildman–Crippen MR) is 131 cm³/mol. The second-order valence-electron chi connectivity index (χ2n) is 10.5. The smallest absolute Gasteiger partial charge is 0.274 e. The third kappa shape index (κ3) is 4.69. The van der Waals surface area contributed by atoms with Gasteiger partial charge in [0.1, 0.15) is 12.0 Å². The summed E-state index contributed by atoms with van der Waals surface area (Å²) in [4.78, 5) is 17.0. The van der Waals surface area contributed by atoms with E-state index in [1.165, 1.54) is 4.90 Å². The first-order valence-corrected chi connectivity index (χ1v) is 13.0. The Kier molecular flexibility index (Phi) is 6.84. The largest absolute Gasteiger partial charge is 0.390 e. The topological polar surface area (TPSA) is 61.6 Å². The molecular formula is C27H36F2N4O2. The molecule has 6 nitrogen and oxygen atoms in total. The van der Waals surface area contributed by atoms with E-state index in [4.69, 9.17) is 5.10 Å². The van der Waals surface area contributed by atoms with E-state index in [1.807, 2.05) is 24.6 Å². The standard InChI is InChI=1S/C27H36F2N4O2/c1-17-18(2)23(7-6-21(17)28)31-12-8-19(9-13-31)10-15-33-24-5-3-4-20(24)26(30-33)27(35)32-14-11-25(34)22(29)16-32/h6-7,19,22,25,34H,3-5,8-16H2,1-2H3.